The maximum absolute atomic E-state index is 12.7. The van der Waals surface area contributed by atoms with Gasteiger partial charge in [-0.05, 0) is 53.7 Å². The van der Waals surface area contributed by atoms with Gasteiger partial charge in [-0.2, -0.15) is 0 Å². The number of thioether (sulfide) groups is 1. The summed E-state index contributed by atoms with van der Waals surface area (Å²) in [6.45, 7) is 0.349. The van der Waals surface area contributed by atoms with Crippen LogP contribution in [0.25, 0.3) is 6.08 Å². The van der Waals surface area contributed by atoms with Crippen molar-refractivity contribution in [1.29, 1.82) is 0 Å². The van der Waals surface area contributed by atoms with E-state index in [-0.39, 0.29) is 5.75 Å². The molecular weight excluding hydrogens is 422 g/mol. The standard InChI is InChI=1S/C23H16ClNO4S/c24-20-7-2-1-4-16(20)14-29-19-10-8-15(9-11-19)12-21-22(27)25(23(28)30-21)17-5-3-6-18(26)13-17/h1-13,26H,14H2. The molecule has 3 aromatic rings. The zero-order chi connectivity index (χ0) is 21.1. The van der Waals surface area contributed by atoms with Gasteiger partial charge in [0.2, 0.25) is 0 Å². The van der Waals surface area contributed by atoms with Crippen LogP contribution in [0.4, 0.5) is 10.5 Å². The van der Waals surface area contributed by atoms with Gasteiger partial charge in [-0.25, -0.2) is 4.90 Å². The van der Waals surface area contributed by atoms with Crippen molar-refractivity contribution in [2.45, 2.75) is 6.61 Å². The first-order valence-electron chi connectivity index (χ1n) is 9.04. The highest BCUT2D eigenvalue weighted by Gasteiger charge is 2.36. The zero-order valence-electron chi connectivity index (χ0n) is 15.6. The Balaban J connectivity index is 1.46. The molecule has 0 unspecified atom stereocenters. The molecule has 150 valence electrons. The maximum Gasteiger partial charge on any atom is 0.298 e. The Bertz CT molecular complexity index is 1140. The number of amides is 2. The lowest BCUT2D eigenvalue weighted by Crippen LogP contribution is -2.27. The normalized spacial score (nSPS) is 15.1. The zero-order valence-corrected chi connectivity index (χ0v) is 17.2. The molecule has 4 rings (SSSR count). The van der Waals surface area contributed by atoms with E-state index in [9.17, 15) is 14.7 Å². The largest absolute Gasteiger partial charge is 0.508 e. The van der Waals surface area contributed by atoms with Crippen molar-refractivity contribution in [3.05, 3.63) is 93.9 Å². The highest BCUT2D eigenvalue weighted by molar-refractivity contribution is 8.19. The minimum Gasteiger partial charge on any atom is -0.508 e. The summed E-state index contributed by atoms with van der Waals surface area (Å²) in [6.07, 6.45) is 1.66. The molecule has 1 aliphatic heterocycles. The van der Waals surface area contributed by atoms with Gasteiger partial charge < -0.3 is 9.84 Å². The first-order chi connectivity index (χ1) is 14.5. The molecule has 1 N–H and O–H groups in total. The molecule has 0 bridgehead atoms. The summed E-state index contributed by atoms with van der Waals surface area (Å²) in [5, 5.41) is 9.86. The lowest BCUT2D eigenvalue weighted by molar-refractivity contribution is -0.113. The maximum atomic E-state index is 12.7. The van der Waals surface area contributed by atoms with Crippen LogP contribution in [0.3, 0.4) is 0 Å². The summed E-state index contributed by atoms with van der Waals surface area (Å²) in [5.41, 5.74) is 1.99. The lowest BCUT2D eigenvalue weighted by Gasteiger charge is -2.12. The second-order valence-corrected chi connectivity index (χ2v) is 7.89. The van der Waals surface area contributed by atoms with Gasteiger partial charge in [0.05, 0.1) is 10.6 Å². The first kappa shape index (κ1) is 20.1. The van der Waals surface area contributed by atoms with E-state index in [1.54, 1.807) is 30.3 Å². The molecule has 1 fully saturated rings. The molecule has 3 aromatic carbocycles. The third-order valence-corrected chi connectivity index (χ3v) is 5.65. The summed E-state index contributed by atoms with van der Waals surface area (Å²) in [6, 6.07) is 20.7. The minimum absolute atomic E-state index is 0.0112. The molecule has 0 aromatic heterocycles. The number of carbonyl (C=O) groups excluding carboxylic acids is 2. The Hall–Kier alpha value is -3.22. The highest BCUT2D eigenvalue weighted by Crippen LogP contribution is 2.36. The predicted molar refractivity (Wildman–Crippen MR) is 119 cm³/mol. The van der Waals surface area contributed by atoms with Crippen molar-refractivity contribution >= 4 is 46.3 Å². The fourth-order valence-electron chi connectivity index (χ4n) is 2.91. The molecular formula is C23H16ClNO4S. The van der Waals surface area contributed by atoms with Crippen LogP contribution in [0.1, 0.15) is 11.1 Å². The number of anilines is 1. The van der Waals surface area contributed by atoms with E-state index in [0.29, 0.717) is 28.0 Å². The molecule has 0 spiro atoms. The third kappa shape index (κ3) is 4.35. The number of halogens is 1. The molecule has 1 aliphatic rings. The molecule has 2 amide bonds. The molecule has 0 saturated carbocycles. The van der Waals surface area contributed by atoms with Crippen molar-refractivity contribution in [3.63, 3.8) is 0 Å². The van der Waals surface area contributed by atoms with E-state index in [0.717, 1.165) is 27.8 Å². The first-order valence-corrected chi connectivity index (χ1v) is 10.2. The molecule has 0 aliphatic carbocycles. The topological polar surface area (TPSA) is 66.8 Å². The van der Waals surface area contributed by atoms with Crippen molar-refractivity contribution in [2.24, 2.45) is 0 Å². The monoisotopic (exact) mass is 437 g/mol. The second kappa shape index (κ2) is 8.65. The number of hydrogen-bond acceptors (Lipinski definition) is 5. The fraction of sp³-hybridized carbons (Fsp3) is 0.0435. The summed E-state index contributed by atoms with van der Waals surface area (Å²) in [7, 11) is 0. The summed E-state index contributed by atoms with van der Waals surface area (Å²) >= 11 is 7.00. The van der Waals surface area contributed by atoms with E-state index < -0.39 is 11.1 Å². The number of nitrogens with zero attached hydrogens (tertiary/aromatic N) is 1. The average Bonchev–Trinajstić information content (AvgIpc) is 3.01. The van der Waals surface area contributed by atoms with E-state index in [1.165, 1.54) is 12.1 Å². The van der Waals surface area contributed by atoms with Gasteiger partial charge in [0.1, 0.15) is 18.1 Å². The number of aromatic hydroxyl groups is 1. The van der Waals surface area contributed by atoms with E-state index in [2.05, 4.69) is 0 Å². The van der Waals surface area contributed by atoms with Gasteiger partial charge in [-0.3, -0.25) is 9.59 Å². The summed E-state index contributed by atoms with van der Waals surface area (Å²) < 4.78 is 5.76. The number of rotatable bonds is 5. The van der Waals surface area contributed by atoms with Crippen LogP contribution in [0.15, 0.2) is 77.7 Å². The summed E-state index contributed by atoms with van der Waals surface area (Å²) in [4.78, 5) is 26.4. The van der Waals surface area contributed by atoms with Crippen LogP contribution >= 0.6 is 23.4 Å². The fourth-order valence-corrected chi connectivity index (χ4v) is 3.94. The smallest absolute Gasteiger partial charge is 0.298 e. The van der Waals surface area contributed by atoms with Crippen LogP contribution in [0.2, 0.25) is 5.02 Å². The van der Waals surface area contributed by atoms with E-state index in [1.807, 2.05) is 36.4 Å². The molecule has 5 nitrogen and oxygen atoms in total. The van der Waals surface area contributed by atoms with Crippen LogP contribution in [0.5, 0.6) is 11.5 Å². The van der Waals surface area contributed by atoms with Gasteiger partial charge in [0.25, 0.3) is 11.1 Å². The van der Waals surface area contributed by atoms with Crippen LogP contribution in [-0.2, 0) is 11.4 Å². The molecule has 0 atom stereocenters. The van der Waals surface area contributed by atoms with Crippen LogP contribution < -0.4 is 9.64 Å². The van der Waals surface area contributed by atoms with Crippen LogP contribution in [-0.4, -0.2) is 16.3 Å². The molecule has 1 heterocycles. The van der Waals surface area contributed by atoms with Gasteiger partial charge in [-0.1, -0.05) is 48.0 Å². The van der Waals surface area contributed by atoms with Crippen LogP contribution in [0, 0.1) is 0 Å². The van der Waals surface area contributed by atoms with E-state index >= 15 is 0 Å². The Labute approximate surface area is 182 Å². The number of carbonyl (C=O) groups is 2. The van der Waals surface area contributed by atoms with Gasteiger partial charge in [0, 0.05) is 16.7 Å². The number of phenols is 1. The average molecular weight is 438 g/mol. The number of imide groups is 1. The van der Waals surface area contributed by atoms with Gasteiger partial charge in [-0.15, -0.1) is 0 Å². The van der Waals surface area contributed by atoms with Crippen molar-refractivity contribution in [3.8, 4) is 11.5 Å². The number of benzene rings is 3. The Morgan fingerprint density at radius 3 is 2.50 bits per heavy atom. The number of hydrogen-bond donors (Lipinski definition) is 1. The predicted octanol–water partition coefficient (Wildman–Crippen LogP) is 5.87. The van der Waals surface area contributed by atoms with Crippen molar-refractivity contribution in [2.75, 3.05) is 4.90 Å². The highest BCUT2D eigenvalue weighted by atomic mass is 35.5. The quantitative estimate of drug-likeness (QED) is 0.506. The molecule has 7 heteroatoms. The SMILES string of the molecule is O=C1SC(=Cc2ccc(OCc3ccccc3Cl)cc2)C(=O)N1c1cccc(O)c1. The lowest BCUT2D eigenvalue weighted by atomic mass is 10.2. The Kier molecular flexibility index (Phi) is 5.79. The van der Waals surface area contributed by atoms with E-state index in [4.69, 9.17) is 16.3 Å². The molecule has 1 saturated heterocycles. The number of phenolic OH excluding ortho intramolecular Hbond substituents is 1. The van der Waals surface area contributed by atoms with Crippen molar-refractivity contribution in [1.82, 2.24) is 0 Å². The third-order valence-electron chi connectivity index (χ3n) is 4.41. The molecule has 30 heavy (non-hydrogen) atoms. The minimum atomic E-state index is -0.422. The Morgan fingerprint density at radius 1 is 1.00 bits per heavy atom. The van der Waals surface area contributed by atoms with Gasteiger partial charge >= 0.3 is 0 Å². The summed E-state index contributed by atoms with van der Waals surface area (Å²) in [5.74, 6) is 0.234. The Morgan fingerprint density at radius 2 is 1.77 bits per heavy atom. The van der Waals surface area contributed by atoms with Crippen molar-refractivity contribution < 1.29 is 19.4 Å². The second-order valence-electron chi connectivity index (χ2n) is 6.49. The van der Waals surface area contributed by atoms with Gasteiger partial charge in [0.15, 0.2) is 0 Å². The molecule has 0 radical (unpaired) electrons. The number of ether oxygens (including phenoxy) is 1.